The molecule has 3 rings (SSSR count). The summed E-state index contributed by atoms with van der Waals surface area (Å²) in [5.41, 5.74) is 0.154. The van der Waals surface area contributed by atoms with Crippen molar-refractivity contribution in [2.75, 3.05) is 0 Å². The number of rotatable bonds is 3. The summed E-state index contributed by atoms with van der Waals surface area (Å²) in [7, 11) is 0. The molecule has 1 N–H and O–H groups in total. The fourth-order valence-electron chi connectivity index (χ4n) is 2.00. The van der Waals surface area contributed by atoms with Gasteiger partial charge in [-0.15, -0.1) is 13.2 Å². The van der Waals surface area contributed by atoms with Crippen molar-refractivity contribution in [3.05, 3.63) is 47.5 Å². The van der Waals surface area contributed by atoms with Crippen molar-refractivity contribution in [2.24, 2.45) is 0 Å². The fraction of sp³-hybridized carbons (Fsp3) is 0.0667. The second-order valence-electron chi connectivity index (χ2n) is 4.60. The van der Waals surface area contributed by atoms with Gasteiger partial charge >= 0.3 is 6.36 Å². The van der Waals surface area contributed by atoms with Crippen LogP contribution in [0, 0.1) is 0 Å². The van der Waals surface area contributed by atoms with Gasteiger partial charge in [0.2, 0.25) is 5.82 Å². The Morgan fingerprint density at radius 2 is 1.75 bits per heavy atom. The molecule has 124 valence electrons. The van der Waals surface area contributed by atoms with E-state index in [1.165, 1.54) is 30.3 Å². The molecule has 0 atom stereocenters. The minimum absolute atomic E-state index is 0.00802. The zero-order valence-electron chi connectivity index (χ0n) is 11.7. The molecular formula is C15H8ClF3N2O3. The largest absolute Gasteiger partial charge is 0.573 e. The Labute approximate surface area is 138 Å². The topological polar surface area (TPSA) is 68.4 Å². The van der Waals surface area contributed by atoms with E-state index >= 15 is 0 Å². The average Bonchev–Trinajstić information content (AvgIpc) is 2.98. The third kappa shape index (κ3) is 3.28. The highest BCUT2D eigenvalue weighted by Gasteiger charge is 2.32. The molecule has 0 amide bonds. The summed E-state index contributed by atoms with van der Waals surface area (Å²) in [6.07, 6.45) is -4.85. The first-order valence-electron chi connectivity index (χ1n) is 6.52. The van der Waals surface area contributed by atoms with Gasteiger partial charge in [-0.25, -0.2) is 0 Å². The van der Waals surface area contributed by atoms with E-state index in [0.717, 1.165) is 6.07 Å². The van der Waals surface area contributed by atoms with Crippen LogP contribution in [0.25, 0.3) is 22.8 Å². The van der Waals surface area contributed by atoms with Gasteiger partial charge in [-0.05, 0) is 24.3 Å². The SMILES string of the molecule is Oc1c(Cl)cccc1-c1nc(-c2ccccc2OC(F)(F)F)no1. The Bertz CT molecular complexity index is 880. The zero-order valence-corrected chi connectivity index (χ0v) is 12.5. The van der Waals surface area contributed by atoms with E-state index in [1.807, 2.05) is 0 Å². The summed E-state index contributed by atoms with van der Waals surface area (Å²) < 4.78 is 46.4. The van der Waals surface area contributed by atoms with Crippen molar-refractivity contribution in [3.63, 3.8) is 0 Å². The molecule has 0 radical (unpaired) electrons. The van der Waals surface area contributed by atoms with E-state index in [-0.39, 0.29) is 33.6 Å². The van der Waals surface area contributed by atoms with Gasteiger partial charge in [-0.2, -0.15) is 4.98 Å². The van der Waals surface area contributed by atoms with E-state index < -0.39 is 12.1 Å². The van der Waals surface area contributed by atoms with Gasteiger partial charge in [0.15, 0.2) is 0 Å². The van der Waals surface area contributed by atoms with Crippen LogP contribution in [0.15, 0.2) is 47.0 Å². The van der Waals surface area contributed by atoms with Crippen molar-refractivity contribution < 1.29 is 27.5 Å². The second kappa shape index (κ2) is 6.04. The Balaban J connectivity index is 2.02. The zero-order chi connectivity index (χ0) is 17.3. The molecule has 0 fully saturated rings. The summed E-state index contributed by atoms with van der Waals surface area (Å²) >= 11 is 5.80. The number of aromatic nitrogens is 2. The Morgan fingerprint density at radius 3 is 2.50 bits per heavy atom. The highest BCUT2D eigenvalue weighted by Crippen LogP contribution is 2.37. The Hall–Kier alpha value is -2.74. The number of para-hydroxylation sites is 2. The summed E-state index contributed by atoms with van der Waals surface area (Å²) in [5.74, 6) is -0.946. The molecule has 0 unspecified atom stereocenters. The summed E-state index contributed by atoms with van der Waals surface area (Å²) in [6.45, 7) is 0. The van der Waals surface area contributed by atoms with Gasteiger partial charge in [0.1, 0.15) is 11.5 Å². The van der Waals surface area contributed by atoms with Crippen LogP contribution in [0.3, 0.4) is 0 Å². The number of aromatic hydroxyl groups is 1. The molecule has 5 nitrogen and oxygen atoms in total. The highest BCUT2D eigenvalue weighted by atomic mass is 35.5. The van der Waals surface area contributed by atoms with Crippen molar-refractivity contribution in [1.29, 1.82) is 0 Å². The number of ether oxygens (including phenoxy) is 1. The molecule has 0 saturated carbocycles. The number of hydrogen-bond acceptors (Lipinski definition) is 5. The van der Waals surface area contributed by atoms with E-state index in [1.54, 1.807) is 6.07 Å². The van der Waals surface area contributed by atoms with Gasteiger partial charge in [-0.3, -0.25) is 0 Å². The Kier molecular flexibility index (Phi) is 4.06. The van der Waals surface area contributed by atoms with Gasteiger partial charge < -0.3 is 14.4 Å². The third-order valence-electron chi connectivity index (χ3n) is 3.00. The second-order valence-corrected chi connectivity index (χ2v) is 5.01. The van der Waals surface area contributed by atoms with Gasteiger partial charge in [0.25, 0.3) is 5.89 Å². The normalized spacial score (nSPS) is 11.5. The third-order valence-corrected chi connectivity index (χ3v) is 3.30. The van der Waals surface area contributed by atoms with E-state index in [9.17, 15) is 18.3 Å². The molecule has 3 aromatic rings. The lowest BCUT2D eigenvalue weighted by Crippen LogP contribution is -2.17. The number of nitrogens with zero attached hydrogens (tertiary/aromatic N) is 2. The molecule has 1 aromatic heterocycles. The van der Waals surface area contributed by atoms with Crippen molar-refractivity contribution >= 4 is 11.6 Å². The van der Waals surface area contributed by atoms with Crippen LogP contribution in [-0.2, 0) is 0 Å². The quantitative estimate of drug-likeness (QED) is 0.739. The predicted molar refractivity (Wildman–Crippen MR) is 78.5 cm³/mol. The van der Waals surface area contributed by atoms with Gasteiger partial charge in [0.05, 0.1) is 16.1 Å². The molecular weight excluding hydrogens is 349 g/mol. The Morgan fingerprint density at radius 1 is 1.04 bits per heavy atom. The van der Waals surface area contributed by atoms with Gasteiger partial charge in [-0.1, -0.05) is 35.0 Å². The van der Waals surface area contributed by atoms with E-state index in [0.29, 0.717) is 0 Å². The number of halogens is 4. The lowest BCUT2D eigenvalue weighted by atomic mass is 10.2. The van der Waals surface area contributed by atoms with Gasteiger partial charge in [0, 0.05) is 0 Å². The summed E-state index contributed by atoms with van der Waals surface area (Å²) in [4.78, 5) is 4.00. The molecule has 24 heavy (non-hydrogen) atoms. The minimum Gasteiger partial charge on any atom is -0.506 e. The smallest absolute Gasteiger partial charge is 0.506 e. The highest BCUT2D eigenvalue weighted by molar-refractivity contribution is 6.32. The molecule has 0 aliphatic carbocycles. The van der Waals surface area contributed by atoms with Crippen LogP contribution in [0.5, 0.6) is 11.5 Å². The van der Waals surface area contributed by atoms with Crippen LogP contribution in [0.2, 0.25) is 5.02 Å². The lowest BCUT2D eigenvalue weighted by Gasteiger charge is -2.10. The van der Waals surface area contributed by atoms with Crippen LogP contribution in [0.1, 0.15) is 0 Å². The van der Waals surface area contributed by atoms with Crippen molar-refractivity contribution in [3.8, 4) is 34.3 Å². The monoisotopic (exact) mass is 356 g/mol. The minimum atomic E-state index is -4.85. The number of alkyl halides is 3. The maximum atomic E-state index is 12.5. The number of phenols is 1. The number of phenolic OH excluding ortho intramolecular Hbond substituents is 1. The predicted octanol–water partition coefficient (Wildman–Crippen LogP) is 4.66. The molecule has 1 heterocycles. The number of hydrogen-bond donors (Lipinski definition) is 1. The average molecular weight is 357 g/mol. The van der Waals surface area contributed by atoms with E-state index in [4.69, 9.17) is 16.1 Å². The van der Waals surface area contributed by atoms with Crippen molar-refractivity contribution in [1.82, 2.24) is 10.1 Å². The first kappa shape index (κ1) is 16.1. The standard InChI is InChI=1S/C15H8ClF3N2O3/c16-10-6-3-5-9(12(10)22)14-20-13(21-24-14)8-4-1-2-7-11(8)23-15(17,18)19/h1-7,22H. The molecule has 0 aliphatic heterocycles. The molecule has 2 aromatic carbocycles. The van der Waals surface area contributed by atoms with Crippen molar-refractivity contribution in [2.45, 2.75) is 6.36 Å². The van der Waals surface area contributed by atoms with Crippen LogP contribution < -0.4 is 4.74 Å². The fourth-order valence-corrected chi connectivity index (χ4v) is 2.17. The molecule has 0 aliphatic rings. The lowest BCUT2D eigenvalue weighted by molar-refractivity contribution is -0.274. The molecule has 0 spiro atoms. The number of benzene rings is 2. The molecule has 9 heteroatoms. The summed E-state index contributed by atoms with van der Waals surface area (Å²) in [6, 6.07) is 9.88. The first-order chi connectivity index (χ1) is 11.3. The molecule has 0 saturated heterocycles. The summed E-state index contributed by atoms with van der Waals surface area (Å²) in [5, 5.41) is 13.6. The first-order valence-corrected chi connectivity index (χ1v) is 6.89. The van der Waals surface area contributed by atoms with Crippen LogP contribution in [0.4, 0.5) is 13.2 Å². The maximum Gasteiger partial charge on any atom is 0.573 e. The molecule has 0 bridgehead atoms. The van der Waals surface area contributed by atoms with Crippen LogP contribution >= 0.6 is 11.6 Å². The van der Waals surface area contributed by atoms with Crippen LogP contribution in [-0.4, -0.2) is 21.6 Å². The van der Waals surface area contributed by atoms with E-state index in [2.05, 4.69) is 14.9 Å². The maximum absolute atomic E-state index is 12.5.